The standard InChI is InChI=1S/C25H27N5OS/c1-19-11-13-21(14-12-19)30-23(20-9-5-4-6-10-20)28-29-24(30)32-17-22(31)27-25(18-26)15-7-2-3-8-16-25/h4-6,9-14H,2-3,7-8,15-17H2,1H3,(H,27,31). The number of nitrogens with one attached hydrogen (secondary N) is 1. The van der Waals surface area contributed by atoms with Crippen molar-refractivity contribution in [3.05, 3.63) is 60.2 Å². The van der Waals surface area contributed by atoms with Crippen LogP contribution in [0.15, 0.2) is 59.8 Å². The maximum atomic E-state index is 12.8. The minimum Gasteiger partial charge on any atom is -0.337 e. The average Bonchev–Trinajstić information content (AvgIpc) is 3.10. The molecule has 0 unspecified atom stereocenters. The molecule has 3 aromatic rings. The first-order chi connectivity index (χ1) is 15.6. The van der Waals surface area contributed by atoms with Crippen molar-refractivity contribution in [2.24, 2.45) is 0 Å². The minimum atomic E-state index is -0.742. The maximum Gasteiger partial charge on any atom is 0.231 e. The van der Waals surface area contributed by atoms with Gasteiger partial charge in [-0.25, -0.2) is 0 Å². The van der Waals surface area contributed by atoms with Gasteiger partial charge in [0.1, 0.15) is 5.54 Å². The summed E-state index contributed by atoms with van der Waals surface area (Å²) < 4.78 is 1.98. The number of aryl methyl sites for hydroxylation is 1. The SMILES string of the molecule is Cc1ccc(-n2c(SCC(=O)NC3(C#N)CCCCCC3)nnc2-c2ccccc2)cc1. The number of carbonyl (C=O) groups is 1. The van der Waals surface area contributed by atoms with E-state index in [0.717, 1.165) is 55.6 Å². The molecular formula is C25H27N5OS. The molecule has 1 N–H and O–H groups in total. The number of nitriles is 1. The van der Waals surface area contributed by atoms with E-state index in [4.69, 9.17) is 0 Å². The lowest BCUT2D eigenvalue weighted by atomic mass is 9.92. The second-order valence-electron chi connectivity index (χ2n) is 8.29. The van der Waals surface area contributed by atoms with Crippen LogP contribution in [0.4, 0.5) is 0 Å². The van der Waals surface area contributed by atoms with Gasteiger partial charge in [-0.05, 0) is 31.9 Å². The molecule has 1 aliphatic carbocycles. The maximum absolute atomic E-state index is 12.8. The Balaban J connectivity index is 1.56. The van der Waals surface area contributed by atoms with Crippen molar-refractivity contribution in [3.8, 4) is 23.1 Å². The van der Waals surface area contributed by atoms with Crippen LogP contribution >= 0.6 is 11.8 Å². The fourth-order valence-corrected chi connectivity index (χ4v) is 4.85. The third kappa shape index (κ3) is 5.03. The van der Waals surface area contributed by atoms with Crippen LogP contribution in [0.1, 0.15) is 44.1 Å². The molecule has 1 amide bonds. The summed E-state index contributed by atoms with van der Waals surface area (Å²) in [5, 5.41) is 22.2. The third-order valence-corrected chi connectivity index (χ3v) is 6.77. The molecule has 0 bridgehead atoms. The lowest BCUT2D eigenvalue weighted by Crippen LogP contribution is -2.47. The van der Waals surface area contributed by atoms with Gasteiger partial charge in [0.05, 0.1) is 11.8 Å². The smallest absolute Gasteiger partial charge is 0.231 e. The van der Waals surface area contributed by atoms with Crippen molar-refractivity contribution < 1.29 is 4.79 Å². The van der Waals surface area contributed by atoms with Crippen molar-refractivity contribution in [1.82, 2.24) is 20.1 Å². The fourth-order valence-electron chi connectivity index (χ4n) is 4.09. The Kier molecular flexibility index (Phi) is 6.91. The molecule has 0 spiro atoms. The zero-order chi connectivity index (χ0) is 22.4. The molecule has 7 heteroatoms. The fraction of sp³-hybridized carbons (Fsp3) is 0.360. The van der Waals surface area contributed by atoms with Crippen molar-refractivity contribution in [1.29, 1.82) is 5.26 Å². The average molecular weight is 446 g/mol. The lowest BCUT2D eigenvalue weighted by molar-refractivity contribution is -0.120. The van der Waals surface area contributed by atoms with E-state index < -0.39 is 5.54 Å². The van der Waals surface area contributed by atoms with Gasteiger partial charge in [-0.2, -0.15) is 5.26 Å². The Labute approximate surface area is 193 Å². The van der Waals surface area contributed by atoms with E-state index in [1.165, 1.54) is 17.3 Å². The number of hydrogen-bond donors (Lipinski definition) is 1. The number of amides is 1. The molecule has 1 fully saturated rings. The Hall–Kier alpha value is -3.11. The van der Waals surface area contributed by atoms with E-state index in [1.807, 2.05) is 66.1 Å². The van der Waals surface area contributed by atoms with Crippen LogP contribution in [0.5, 0.6) is 0 Å². The number of benzene rings is 2. The van der Waals surface area contributed by atoms with Crippen LogP contribution in [0.25, 0.3) is 17.1 Å². The number of aromatic nitrogens is 3. The van der Waals surface area contributed by atoms with Crippen LogP contribution in [0, 0.1) is 18.3 Å². The summed E-state index contributed by atoms with van der Waals surface area (Å²) in [6.07, 6.45) is 5.63. The molecule has 1 heterocycles. The summed E-state index contributed by atoms with van der Waals surface area (Å²) in [4.78, 5) is 12.8. The molecule has 0 radical (unpaired) electrons. The van der Waals surface area contributed by atoms with E-state index in [1.54, 1.807) is 0 Å². The number of hydrogen-bond acceptors (Lipinski definition) is 5. The Morgan fingerprint density at radius 2 is 1.75 bits per heavy atom. The predicted octanol–water partition coefficient (Wildman–Crippen LogP) is 5.07. The van der Waals surface area contributed by atoms with Crippen LogP contribution in [0.2, 0.25) is 0 Å². The van der Waals surface area contributed by atoms with Gasteiger partial charge in [-0.15, -0.1) is 10.2 Å². The van der Waals surface area contributed by atoms with Gasteiger partial charge >= 0.3 is 0 Å². The molecule has 2 aromatic carbocycles. The van der Waals surface area contributed by atoms with Gasteiger partial charge in [0.15, 0.2) is 11.0 Å². The predicted molar refractivity (Wildman–Crippen MR) is 126 cm³/mol. The molecule has 4 rings (SSSR count). The summed E-state index contributed by atoms with van der Waals surface area (Å²) in [5.74, 6) is 0.773. The first-order valence-electron chi connectivity index (χ1n) is 11.0. The molecular weight excluding hydrogens is 418 g/mol. The van der Waals surface area contributed by atoms with Crippen LogP contribution in [-0.2, 0) is 4.79 Å². The Bertz CT molecular complexity index is 1090. The van der Waals surface area contributed by atoms with Crippen LogP contribution in [0.3, 0.4) is 0 Å². The molecule has 0 atom stereocenters. The van der Waals surface area contributed by atoms with Crippen LogP contribution in [-0.4, -0.2) is 32.0 Å². The van der Waals surface area contributed by atoms with Gasteiger partial charge in [-0.3, -0.25) is 9.36 Å². The molecule has 1 saturated carbocycles. The highest BCUT2D eigenvalue weighted by Crippen LogP contribution is 2.29. The summed E-state index contributed by atoms with van der Waals surface area (Å²) in [6.45, 7) is 2.05. The number of rotatable bonds is 6. The second-order valence-corrected chi connectivity index (χ2v) is 9.23. The van der Waals surface area contributed by atoms with Gasteiger partial charge in [0.2, 0.25) is 5.91 Å². The highest BCUT2D eigenvalue weighted by atomic mass is 32.2. The minimum absolute atomic E-state index is 0.141. The normalized spacial score (nSPS) is 15.5. The number of thioether (sulfide) groups is 1. The summed E-state index contributed by atoms with van der Waals surface area (Å²) in [5.41, 5.74) is 2.33. The van der Waals surface area contributed by atoms with E-state index >= 15 is 0 Å². The highest BCUT2D eigenvalue weighted by molar-refractivity contribution is 7.99. The van der Waals surface area contributed by atoms with Crippen molar-refractivity contribution in [2.75, 3.05) is 5.75 Å². The van der Waals surface area contributed by atoms with Gasteiger partial charge in [0, 0.05) is 11.3 Å². The molecule has 32 heavy (non-hydrogen) atoms. The largest absolute Gasteiger partial charge is 0.337 e. The monoisotopic (exact) mass is 445 g/mol. The molecule has 1 aromatic heterocycles. The number of nitrogens with zero attached hydrogens (tertiary/aromatic N) is 4. The molecule has 0 saturated heterocycles. The second kappa shape index (κ2) is 10.0. The van der Waals surface area contributed by atoms with Gasteiger partial charge in [0.25, 0.3) is 0 Å². The van der Waals surface area contributed by atoms with Crippen LogP contribution < -0.4 is 5.32 Å². The molecule has 1 aliphatic rings. The van der Waals surface area contributed by atoms with E-state index in [-0.39, 0.29) is 11.7 Å². The summed E-state index contributed by atoms with van der Waals surface area (Å²) in [7, 11) is 0. The molecule has 6 nitrogen and oxygen atoms in total. The third-order valence-electron chi connectivity index (χ3n) is 5.84. The first-order valence-corrected chi connectivity index (χ1v) is 12.0. The Morgan fingerprint density at radius 1 is 1.06 bits per heavy atom. The summed E-state index contributed by atoms with van der Waals surface area (Å²) in [6, 6.07) is 20.5. The molecule has 164 valence electrons. The van der Waals surface area contributed by atoms with E-state index in [0.29, 0.717) is 5.16 Å². The zero-order valence-electron chi connectivity index (χ0n) is 18.3. The quantitative estimate of drug-likeness (QED) is 0.423. The van der Waals surface area contributed by atoms with Gasteiger partial charge in [-0.1, -0.05) is 85.5 Å². The zero-order valence-corrected chi connectivity index (χ0v) is 19.1. The van der Waals surface area contributed by atoms with E-state index in [2.05, 4.69) is 21.6 Å². The topological polar surface area (TPSA) is 83.6 Å². The van der Waals surface area contributed by atoms with Crippen molar-refractivity contribution in [2.45, 2.75) is 56.1 Å². The summed E-state index contributed by atoms with van der Waals surface area (Å²) >= 11 is 1.34. The number of carbonyl (C=O) groups excluding carboxylic acids is 1. The van der Waals surface area contributed by atoms with Crippen molar-refractivity contribution in [3.63, 3.8) is 0 Å². The van der Waals surface area contributed by atoms with Crippen molar-refractivity contribution >= 4 is 17.7 Å². The molecule has 0 aliphatic heterocycles. The Morgan fingerprint density at radius 3 is 2.41 bits per heavy atom. The van der Waals surface area contributed by atoms with E-state index in [9.17, 15) is 10.1 Å². The van der Waals surface area contributed by atoms with Gasteiger partial charge < -0.3 is 5.32 Å². The lowest BCUT2D eigenvalue weighted by Gasteiger charge is -2.26. The first kappa shape index (κ1) is 22.1. The highest BCUT2D eigenvalue weighted by Gasteiger charge is 2.32.